The second-order valence-corrected chi connectivity index (χ2v) is 3.21. The fourth-order valence-corrected chi connectivity index (χ4v) is 1.39. The largest absolute Gasteiger partial charge is 0.494 e. The van der Waals surface area contributed by atoms with Gasteiger partial charge in [0.05, 0.1) is 12.8 Å². The molecule has 0 saturated carbocycles. The minimum atomic E-state index is -0.494. The quantitative estimate of drug-likeness (QED) is 0.777. The molecule has 0 N–H and O–H groups in total. The van der Waals surface area contributed by atoms with Crippen molar-refractivity contribution in [2.24, 2.45) is 0 Å². The van der Waals surface area contributed by atoms with Gasteiger partial charge in [0.1, 0.15) is 5.82 Å². The zero-order valence-corrected chi connectivity index (χ0v) is 8.58. The summed E-state index contributed by atoms with van der Waals surface area (Å²) < 4.78 is 31.1. The minimum absolute atomic E-state index is 0.153. The Balaban J connectivity index is 2.45. The summed E-state index contributed by atoms with van der Waals surface area (Å²) in [5.74, 6) is -0.743. The van der Waals surface area contributed by atoms with E-state index >= 15 is 0 Å². The molecule has 0 radical (unpaired) electrons. The predicted octanol–water partition coefficient (Wildman–Crippen LogP) is 3.04. The summed E-state index contributed by atoms with van der Waals surface area (Å²) in [6.45, 7) is 0. The highest BCUT2D eigenvalue weighted by atomic mass is 19.1. The second-order valence-electron chi connectivity index (χ2n) is 3.21. The van der Waals surface area contributed by atoms with Crippen molar-refractivity contribution >= 4 is 0 Å². The van der Waals surface area contributed by atoms with Crippen LogP contribution in [-0.2, 0) is 0 Å². The van der Waals surface area contributed by atoms with Crippen LogP contribution in [0.15, 0.2) is 36.5 Å². The first kappa shape index (κ1) is 10.5. The third-order valence-electron chi connectivity index (χ3n) is 2.17. The van der Waals surface area contributed by atoms with Crippen molar-refractivity contribution in [2.45, 2.75) is 0 Å². The first-order valence-electron chi connectivity index (χ1n) is 4.66. The standard InChI is InChI=1S/C12H9F2NO/c1-16-12-3-2-8(6-10(12)14)11-7-9(13)4-5-15-11/h2-7H,1H3. The molecule has 0 atom stereocenters. The zero-order valence-electron chi connectivity index (χ0n) is 8.58. The molecule has 0 aliphatic rings. The molecule has 0 amide bonds. The summed E-state index contributed by atoms with van der Waals surface area (Å²) in [5, 5.41) is 0. The van der Waals surface area contributed by atoms with E-state index in [9.17, 15) is 8.78 Å². The fourth-order valence-electron chi connectivity index (χ4n) is 1.39. The Labute approximate surface area is 91.5 Å². The van der Waals surface area contributed by atoms with E-state index in [1.165, 1.54) is 37.6 Å². The molecule has 0 unspecified atom stereocenters. The number of ether oxygens (including phenoxy) is 1. The Hall–Kier alpha value is -1.97. The molecule has 0 fully saturated rings. The number of halogens is 2. The Morgan fingerprint density at radius 3 is 2.56 bits per heavy atom. The lowest BCUT2D eigenvalue weighted by Gasteiger charge is -2.04. The lowest BCUT2D eigenvalue weighted by Crippen LogP contribution is -1.90. The zero-order chi connectivity index (χ0) is 11.5. The van der Waals surface area contributed by atoms with Gasteiger partial charge >= 0.3 is 0 Å². The summed E-state index contributed by atoms with van der Waals surface area (Å²) in [6.07, 6.45) is 1.34. The Morgan fingerprint density at radius 1 is 1.12 bits per heavy atom. The molecule has 1 aromatic carbocycles. The molecule has 2 aromatic rings. The third kappa shape index (κ3) is 2.00. The van der Waals surface area contributed by atoms with Gasteiger partial charge in [-0.1, -0.05) is 0 Å². The number of hydrogen-bond acceptors (Lipinski definition) is 2. The Bertz CT molecular complexity index is 514. The number of benzene rings is 1. The Kier molecular flexibility index (Phi) is 2.81. The first-order valence-corrected chi connectivity index (χ1v) is 4.66. The van der Waals surface area contributed by atoms with Gasteiger partial charge in [0.15, 0.2) is 11.6 Å². The number of pyridine rings is 1. The number of nitrogens with zero attached hydrogens (tertiary/aromatic N) is 1. The van der Waals surface area contributed by atoms with Gasteiger partial charge in [0.2, 0.25) is 0 Å². The maximum Gasteiger partial charge on any atom is 0.165 e. The third-order valence-corrected chi connectivity index (χ3v) is 2.17. The molecule has 1 heterocycles. The molecule has 2 rings (SSSR count). The van der Waals surface area contributed by atoms with Crippen molar-refractivity contribution in [3.8, 4) is 17.0 Å². The molecular weight excluding hydrogens is 212 g/mol. The average Bonchev–Trinajstić information content (AvgIpc) is 2.29. The molecule has 0 spiro atoms. The van der Waals surface area contributed by atoms with Crippen LogP contribution in [0, 0.1) is 11.6 Å². The van der Waals surface area contributed by atoms with Crippen molar-refractivity contribution in [2.75, 3.05) is 7.11 Å². The molecule has 0 saturated heterocycles. The molecule has 16 heavy (non-hydrogen) atoms. The number of aromatic nitrogens is 1. The van der Waals surface area contributed by atoms with E-state index in [1.54, 1.807) is 6.07 Å². The van der Waals surface area contributed by atoms with Crippen LogP contribution in [-0.4, -0.2) is 12.1 Å². The van der Waals surface area contributed by atoms with E-state index in [4.69, 9.17) is 4.74 Å². The SMILES string of the molecule is COc1ccc(-c2cc(F)ccn2)cc1F. The molecule has 0 aliphatic heterocycles. The molecule has 1 aromatic heterocycles. The highest BCUT2D eigenvalue weighted by molar-refractivity contribution is 5.60. The summed E-state index contributed by atoms with van der Waals surface area (Å²) in [5.41, 5.74) is 0.902. The van der Waals surface area contributed by atoms with Crippen LogP contribution in [0.1, 0.15) is 0 Å². The number of hydrogen-bond donors (Lipinski definition) is 0. The van der Waals surface area contributed by atoms with E-state index in [1.807, 2.05) is 0 Å². The van der Waals surface area contributed by atoms with Gasteiger partial charge in [-0.2, -0.15) is 0 Å². The van der Waals surface area contributed by atoms with Gasteiger partial charge < -0.3 is 4.74 Å². The Morgan fingerprint density at radius 2 is 1.94 bits per heavy atom. The van der Waals surface area contributed by atoms with Gasteiger partial charge in [0.25, 0.3) is 0 Å². The van der Waals surface area contributed by atoms with E-state index in [0.717, 1.165) is 0 Å². The van der Waals surface area contributed by atoms with E-state index < -0.39 is 11.6 Å². The average molecular weight is 221 g/mol. The van der Waals surface area contributed by atoms with Crippen LogP contribution in [0.2, 0.25) is 0 Å². The lowest BCUT2D eigenvalue weighted by atomic mass is 10.1. The van der Waals surface area contributed by atoms with Crippen LogP contribution >= 0.6 is 0 Å². The molecular formula is C12H9F2NO. The second kappa shape index (κ2) is 4.26. The maximum atomic E-state index is 13.4. The van der Waals surface area contributed by atoms with Gasteiger partial charge in [-0.05, 0) is 24.3 Å². The topological polar surface area (TPSA) is 22.1 Å². The summed E-state index contributed by atoms with van der Waals surface area (Å²) >= 11 is 0. The molecule has 0 aliphatic carbocycles. The molecule has 2 nitrogen and oxygen atoms in total. The van der Waals surface area contributed by atoms with E-state index in [0.29, 0.717) is 11.3 Å². The maximum absolute atomic E-state index is 13.4. The minimum Gasteiger partial charge on any atom is -0.494 e. The summed E-state index contributed by atoms with van der Waals surface area (Å²) in [6, 6.07) is 6.87. The predicted molar refractivity (Wildman–Crippen MR) is 56.1 cm³/mol. The fraction of sp³-hybridized carbons (Fsp3) is 0.0833. The molecule has 0 bridgehead atoms. The van der Waals surface area contributed by atoms with Crippen molar-refractivity contribution in [1.82, 2.24) is 4.98 Å². The van der Waals surface area contributed by atoms with Gasteiger partial charge in [0, 0.05) is 17.8 Å². The van der Waals surface area contributed by atoms with Gasteiger partial charge in [-0.15, -0.1) is 0 Å². The van der Waals surface area contributed by atoms with Gasteiger partial charge in [-0.3, -0.25) is 4.98 Å². The smallest absolute Gasteiger partial charge is 0.165 e. The monoisotopic (exact) mass is 221 g/mol. The van der Waals surface area contributed by atoms with Crippen LogP contribution in [0.3, 0.4) is 0 Å². The normalized spacial score (nSPS) is 10.2. The summed E-state index contributed by atoms with van der Waals surface area (Å²) in [4.78, 5) is 3.96. The number of rotatable bonds is 2. The van der Waals surface area contributed by atoms with Crippen molar-refractivity contribution in [3.63, 3.8) is 0 Å². The van der Waals surface area contributed by atoms with Crippen LogP contribution in [0.4, 0.5) is 8.78 Å². The first-order chi connectivity index (χ1) is 7.70. The van der Waals surface area contributed by atoms with E-state index in [2.05, 4.69) is 4.98 Å². The van der Waals surface area contributed by atoms with E-state index in [-0.39, 0.29) is 5.75 Å². The molecule has 82 valence electrons. The lowest BCUT2D eigenvalue weighted by molar-refractivity contribution is 0.386. The summed E-state index contributed by atoms with van der Waals surface area (Å²) in [7, 11) is 1.39. The van der Waals surface area contributed by atoms with Crippen molar-refractivity contribution in [1.29, 1.82) is 0 Å². The van der Waals surface area contributed by atoms with Crippen LogP contribution < -0.4 is 4.74 Å². The van der Waals surface area contributed by atoms with Crippen molar-refractivity contribution < 1.29 is 13.5 Å². The van der Waals surface area contributed by atoms with Crippen LogP contribution in [0.5, 0.6) is 5.75 Å². The van der Waals surface area contributed by atoms with Gasteiger partial charge in [-0.25, -0.2) is 8.78 Å². The van der Waals surface area contributed by atoms with Crippen LogP contribution in [0.25, 0.3) is 11.3 Å². The molecule has 4 heteroatoms. The highest BCUT2D eigenvalue weighted by Gasteiger charge is 2.06. The number of methoxy groups -OCH3 is 1. The van der Waals surface area contributed by atoms with Crippen molar-refractivity contribution in [3.05, 3.63) is 48.2 Å². The highest BCUT2D eigenvalue weighted by Crippen LogP contribution is 2.24.